The maximum Gasteiger partial charge on any atom is 0.202 e. The Kier molecular flexibility index (Phi) is 34.8. The van der Waals surface area contributed by atoms with Crippen molar-refractivity contribution in [1.29, 1.82) is 0 Å². The third-order valence-corrected chi connectivity index (χ3v) is 13.8. The Bertz CT molecular complexity index is 2300. The normalized spacial score (nSPS) is 12.6. The molecule has 0 bridgehead atoms. The zero-order chi connectivity index (χ0) is 55.7. The minimum atomic E-state index is -0.217. The molecule has 0 spiro atoms. The topological polar surface area (TPSA) is 119 Å². The number of aryl methyl sites for hydroxylation is 2. The van der Waals surface area contributed by atoms with Crippen molar-refractivity contribution in [1.82, 2.24) is 19.8 Å². The number of carbonyl (C=O) groups is 2. The first-order valence-electron chi connectivity index (χ1n) is 27.1. The number of unbranched alkanes of at least 4 members (excludes halogenated alkanes) is 2. The van der Waals surface area contributed by atoms with Crippen LogP contribution in [-0.2, 0) is 29.0 Å². The molecular formula is C64H101ClN6O2. The Balaban J connectivity index is 0.00000145. The molecule has 406 valence electrons. The van der Waals surface area contributed by atoms with Gasteiger partial charge in [-0.3, -0.25) is 26.4 Å². The highest BCUT2D eigenvalue weighted by atomic mass is 35.5. The van der Waals surface area contributed by atoms with E-state index in [0.29, 0.717) is 30.1 Å². The van der Waals surface area contributed by atoms with Gasteiger partial charge in [-0.1, -0.05) is 135 Å². The Labute approximate surface area is 451 Å². The fourth-order valence-corrected chi connectivity index (χ4v) is 8.98. The number of aromatic nitrogens is 2. The second-order valence-corrected chi connectivity index (χ2v) is 21.1. The Morgan fingerprint density at radius 2 is 1.59 bits per heavy atom. The number of hydrogen-bond donors (Lipinski definition) is 3. The summed E-state index contributed by atoms with van der Waals surface area (Å²) in [6, 6.07) is 20.4. The first kappa shape index (κ1) is 68.4. The third-order valence-electron chi connectivity index (χ3n) is 13.5. The van der Waals surface area contributed by atoms with Crippen molar-refractivity contribution < 1.29 is 9.59 Å². The van der Waals surface area contributed by atoms with Crippen LogP contribution in [0.2, 0.25) is 0 Å². The van der Waals surface area contributed by atoms with Crippen LogP contribution >= 0.6 is 11.6 Å². The molecular weight excluding hydrogens is 920 g/mol. The molecule has 4 aromatic rings. The predicted octanol–water partition coefficient (Wildman–Crippen LogP) is 15.5. The Morgan fingerprint density at radius 1 is 0.945 bits per heavy atom. The minimum absolute atomic E-state index is 0.0186. The van der Waals surface area contributed by atoms with E-state index in [1.165, 1.54) is 108 Å². The average molecular weight is 1020 g/mol. The number of benzene rings is 2. The van der Waals surface area contributed by atoms with Crippen molar-refractivity contribution in [3.8, 4) is 34.2 Å². The van der Waals surface area contributed by atoms with Gasteiger partial charge in [-0.25, -0.2) is 0 Å². The number of hydrogen-bond acceptors (Lipinski definition) is 7. The molecule has 5 rings (SSSR count). The van der Waals surface area contributed by atoms with Gasteiger partial charge >= 0.3 is 0 Å². The standard InChI is InChI=1S/C41H52N2O.C9H15NO.C8H15Cl.C4H9N.C2H6.H4N2/c1-8-30(4)17-12-11-13-18-32-19-14-20-33(27-32)34-22-23-38-36(28-34)37(29-41(6,7)24-16-26-44)40(43(38)10-3)35-21-15-25-42-39(35)31(5)9-2;1-8(11)6-7-9(2,3)10(4)5;1-6(2)8(5-9)7(3)4;1-2-4-5-3-1;2*1-2/h8,14-15,19-23,25-28,31H,1,4,9-13,16-18,24,29H2,2-3,5-7H3;1-5H3;7-8H,1,5H2,2-4H3;5H,1-4H2;1-2H3;1-2H2. The second-order valence-electron chi connectivity index (χ2n) is 20.8. The number of fused-ring (bicyclic) bond motifs is 1. The molecule has 0 saturated carbocycles. The molecule has 0 amide bonds. The van der Waals surface area contributed by atoms with Gasteiger partial charge in [0.1, 0.15) is 6.29 Å². The molecule has 8 nitrogen and oxygen atoms in total. The Morgan fingerprint density at radius 3 is 2.08 bits per heavy atom. The highest BCUT2D eigenvalue weighted by Crippen LogP contribution is 2.42. The summed E-state index contributed by atoms with van der Waals surface area (Å²) >= 11 is 5.70. The molecule has 1 aliphatic heterocycles. The van der Waals surface area contributed by atoms with Crippen LogP contribution in [0.4, 0.5) is 0 Å². The smallest absolute Gasteiger partial charge is 0.202 e. The van der Waals surface area contributed by atoms with Gasteiger partial charge in [0.15, 0.2) is 0 Å². The summed E-state index contributed by atoms with van der Waals surface area (Å²) in [6.45, 7) is 42.3. The monoisotopic (exact) mass is 1020 g/mol. The zero-order valence-electron chi connectivity index (χ0n) is 48.6. The van der Waals surface area contributed by atoms with Crippen LogP contribution in [0.3, 0.4) is 0 Å². The van der Waals surface area contributed by atoms with Gasteiger partial charge in [0.25, 0.3) is 0 Å². The van der Waals surface area contributed by atoms with Crippen molar-refractivity contribution in [3.63, 3.8) is 0 Å². The number of halogens is 1. The Hall–Kier alpha value is -4.62. The van der Waals surface area contributed by atoms with E-state index >= 15 is 0 Å². The molecule has 1 fully saturated rings. The van der Waals surface area contributed by atoms with Gasteiger partial charge in [-0.15, -0.1) is 11.6 Å². The van der Waals surface area contributed by atoms with E-state index in [1.54, 1.807) is 0 Å². The summed E-state index contributed by atoms with van der Waals surface area (Å²) in [5.41, 5.74) is 12.3. The second kappa shape index (κ2) is 37.2. The number of pyridine rings is 1. The first-order chi connectivity index (χ1) is 34.7. The lowest BCUT2D eigenvalue weighted by Crippen LogP contribution is -2.36. The molecule has 2 aromatic heterocycles. The van der Waals surface area contributed by atoms with Crippen molar-refractivity contribution in [3.05, 3.63) is 115 Å². The lowest BCUT2D eigenvalue weighted by atomic mass is 9.80. The number of allylic oxidation sites excluding steroid dienone is 3. The zero-order valence-corrected chi connectivity index (χ0v) is 49.3. The molecule has 9 heteroatoms. The number of aldehydes is 1. The van der Waals surface area contributed by atoms with Gasteiger partial charge in [-0.2, -0.15) is 0 Å². The van der Waals surface area contributed by atoms with Crippen molar-refractivity contribution in [2.45, 2.75) is 179 Å². The van der Waals surface area contributed by atoms with Crippen LogP contribution in [0.25, 0.3) is 33.3 Å². The molecule has 2 aromatic carbocycles. The number of rotatable bonds is 21. The van der Waals surface area contributed by atoms with Gasteiger partial charge in [0.05, 0.1) is 16.9 Å². The lowest BCUT2D eigenvalue weighted by Gasteiger charge is -2.26. The molecule has 0 aliphatic carbocycles. The van der Waals surface area contributed by atoms with E-state index in [4.69, 9.17) is 16.6 Å². The first-order valence-corrected chi connectivity index (χ1v) is 27.6. The molecule has 2 atom stereocenters. The van der Waals surface area contributed by atoms with E-state index in [9.17, 15) is 9.59 Å². The number of nitrogens with two attached hydrogens (primary N) is 2. The fraction of sp³-hybridized carbons (Fsp3) is 0.547. The molecule has 3 heterocycles. The minimum Gasteiger partial charge on any atom is -0.340 e. The molecule has 1 saturated heterocycles. The largest absolute Gasteiger partial charge is 0.340 e. The number of alkyl halides is 1. The number of hydrazine groups is 1. The number of carbonyl (C=O) groups excluding carboxylic acids is 2. The third kappa shape index (κ3) is 24.5. The van der Waals surface area contributed by atoms with Gasteiger partial charge in [-0.05, 0) is 188 Å². The summed E-state index contributed by atoms with van der Waals surface area (Å²) in [7, 11) is 3.88. The van der Waals surface area contributed by atoms with Crippen molar-refractivity contribution >= 4 is 34.6 Å². The predicted molar refractivity (Wildman–Crippen MR) is 321 cm³/mol. The van der Waals surface area contributed by atoms with E-state index in [-0.39, 0.29) is 16.7 Å². The van der Waals surface area contributed by atoms with Crippen molar-refractivity contribution in [2.75, 3.05) is 33.1 Å². The van der Waals surface area contributed by atoms with Crippen LogP contribution in [-0.4, -0.2) is 65.1 Å². The molecule has 1 aliphatic rings. The highest BCUT2D eigenvalue weighted by molar-refractivity contribution is 6.18. The summed E-state index contributed by atoms with van der Waals surface area (Å²) in [4.78, 5) is 28.8. The molecule has 5 N–H and O–H groups in total. The van der Waals surface area contributed by atoms with Crippen LogP contribution in [0.5, 0.6) is 0 Å². The van der Waals surface area contributed by atoms with Gasteiger partial charge in [0, 0.05) is 48.4 Å². The number of nitrogens with zero attached hydrogens (tertiary/aromatic N) is 3. The van der Waals surface area contributed by atoms with E-state index in [2.05, 4.69) is 156 Å². The van der Waals surface area contributed by atoms with E-state index in [1.807, 2.05) is 65.9 Å². The number of ketones is 1. The SMILES string of the molecule is C1CCNC1.C=C(C)C(CCl)C(C)C.C=CC(=C)CCCCCc1cccc(-c2ccc3c(c2)c(CC(C)(C)CCC=O)c(-c2cccnc2C(C)CC)n3CC)c1.CC.CC(=O)C#CC(C)(C)N(C)C.NN. The summed E-state index contributed by atoms with van der Waals surface area (Å²) < 4.78 is 2.49. The number of Topliss-reactive ketones (excluding diaryl/α,β-unsaturated/α-hetero) is 1. The van der Waals surface area contributed by atoms with E-state index < -0.39 is 0 Å². The summed E-state index contributed by atoms with van der Waals surface area (Å²) in [5, 5.41) is 4.53. The van der Waals surface area contributed by atoms with Gasteiger partial charge < -0.3 is 14.7 Å². The van der Waals surface area contributed by atoms with Crippen molar-refractivity contribution in [2.24, 2.45) is 28.9 Å². The number of nitrogens with one attached hydrogen (secondary N) is 1. The average Bonchev–Trinajstić information content (AvgIpc) is 4.07. The van der Waals surface area contributed by atoms with Crippen LogP contribution in [0.1, 0.15) is 171 Å². The molecule has 0 radical (unpaired) electrons. The fourth-order valence-electron chi connectivity index (χ4n) is 8.36. The van der Waals surface area contributed by atoms with Gasteiger partial charge in [0.2, 0.25) is 5.78 Å². The van der Waals surface area contributed by atoms with Crippen LogP contribution in [0, 0.1) is 29.1 Å². The van der Waals surface area contributed by atoms with Crippen LogP contribution < -0.4 is 17.0 Å². The highest BCUT2D eigenvalue weighted by Gasteiger charge is 2.28. The quantitative estimate of drug-likeness (QED) is 0.00875. The summed E-state index contributed by atoms with van der Waals surface area (Å²) in [5.74, 6) is 15.5. The molecule has 2 unspecified atom stereocenters. The van der Waals surface area contributed by atoms with E-state index in [0.717, 1.165) is 50.5 Å². The molecule has 73 heavy (non-hydrogen) atoms. The summed E-state index contributed by atoms with van der Waals surface area (Å²) in [6.07, 6.45) is 16.7. The maximum absolute atomic E-state index is 11.4. The maximum atomic E-state index is 11.4. The lowest BCUT2D eigenvalue weighted by molar-refractivity contribution is -0.112. The van der Waals surface area contributed by atoms with Crippen LogP contribution in [0.15, 0.2) is 97.8 Å².